The van der Waals surface area contributed by atoms with Gasteiger partial charge in [-0.2, -0.15) is 13.2 Å². The Bertz CT molecular complexity index is 442. The minimum atomic E-state index is -4.53. The van der Waals surface area contributed by atoms with Gasteiger partial charge in [0.2, 0.25) is 0 Å². The lowest BCUT2D eigenvalue weighted by molar-refractivity contribution is -0.137. The molecule has 5 heteroatoms. The van der Waals surface area contributed by atoms with Gasteiger partial charge in [-0.25, -0.2) is 0 Å². The van der Waals surface area contributed by atoms with Gasteiger partial charge in [0.25, 0.3) is 0 Å². The molecule has 0 amide bonds. The van der Waals surface area contributed by atoms with E-state index < -0.39 is 28.7 Å². The molecule has 0 radical (unpaired) electrons. The van der Waals surface area contributed by atoms with E-state index in [4.69, 9.17) is 0 Å². The monoisotopic (exact) mass is 246 g/mol. The lowest BCUT2D eigenvalue weighted by Gasteiger charge is -2.18. The quantitative estimate of drug-likeness (QED) is 0.768. The first-order valence-electron chi connectivity index (χ1n) is 4.98. The number of ketones is 1. The molecule has 1 rings (SSSR count). The zero-order chi connectivity index (χ0) is 13.4. The number of carbonyl (C=O) groups is 1. The normalized spacial score (nSPS) is 12.6. The fourth-order valence-corrected chi connectivity index (χ4v) is 1.30. The highest BCUT2D eigenvalue weighted by molar-refractivity contribution is 6.02. The molecule has 1 aromatic rings. The van der Waals surface area contributed by atoms with Gasteiger partial charge in [-0.1, -0.05) is 20.8 Å². The van der Waals surface area contributed by atoms with Gasteiger partial charge in [0, 0.05) is 5.41 Å². The summed E-state index contributed by atoms with van der Waals surface area (Å²) in [6.07, 6.45) is -4.53. The number of phenols is 1. The van der Waals surface area contributed by atoms with Gasteiger partial charge in [-0.3, -0.25) is 4.79 Å². The van der Waals surface area contributed by atoms with Crippen LogP contribution in [0.1, 0.15) is 36.7 Å². The fourth-order valence-electron chi connectivity index (χ4n) is 1.30. The van der Waals surface area contributed by atoms with Crippen molar-refractivity contribution in [2.75, 3.05) is 0 Å². The van der Waals surface area contributed by atoms with Crippen LogP contribution < -0.4 is 0 Å². The molecule has 0 bridgehead atoms. The van der Waals surface area contributed by atoms with E-state index in [2.05, 4.69) is 0 Å². The van der Waals surface area contributed by atoms with E-state index in [1.165, 1.54) is 0 Å². The standard InChI is InChI=1S/C12H13F3O2/c1-11(2,3)10(17)8-6-7(12(13,14)15)4-5-9(8)16/h4-6,16H,1-3H3. The van der Waals surface area contributed by atoms with Crippen LogP contribution in [0.5, 0.6) is 5.75 Å². The number of alkyl halides is 3. The largest absolute Gasteiger partial charge is 0.507 e. The van der Waals surface area contributed by atoms with E-state index in [9.17, 15) is 23.1 Å². The van der Waals surface area contributed by atoms with Crippen LogP contribution in [0, 0.1) is 5.41 Å². The third-order valence-electron chi connectivity index (χ3n) is 2.25. The Morgan fingerprint density at radius 1 is 1.18 bits per heavy atom. The zero-order valence-corrected chi connectivity index (χ0v) is 9.72. The second-order valence-corrected chi connectivity index (χ2v) is 4.81. The van der Waals surface area contributed by atoms with Crippen LogP contribution in [-0.2, 0) is 6.18 Å². The second-order valence-electron chi connectivity index (χ2n) is 4.81. The molecule has 0 aromatic heterocycles. The molecule has 0 heterocycles. The van der Waals surface area contributed by atoms with E-state index in [1.807, 2.05) is 0 Å². The Labute approximate surface area is 97.1 Å². The maximum absolute atomic E-state index is 12.5. The molecule has 1 N–H and O–H groups in total. The summed E-state index contributed by atoms with van der Waals surface area (Å²) in [4.78, 5) is 11.8. The maximum atomic E-state index is 12.5. The van der Waals surface area contributed by atoms with Crippen LogP contribution in [0.2, 0.25) is 0 Å². The minimum absolute atomic E-state index is 0.299. The first-order valence-corrected chi connectivity index (χ1v) is 4.98. The highest BCUT2D eigenvalue weighted by Gasteiger charge is 2.33. The third-order valence-corrected chi connectivity index (χ3v) is 2.25. The van der Waals surface area contributed by atoms with Gasteiger partial charge in [-0.15, -0.1) is 0 Å². The van der Waals surface area contributed by atoms with Gasteiger partial charge in [0.05, 0.1) is 11.1 Å². The van der Waals surface area contributed by atoms with Crippen LogP contribution >= 0.6 is 0 Å². The Morgan fingerprint density at radius 3 is 2.12 bits per heavy atom. The van der Waals surface area contributed by atoms with Gasteiger partial charge >= 0.3 is 6.18 Å². The van der Waals surface area contributed by atoms with Crippen molar-refractivity contribution in [3.8, 4) is 5.75 Å². The summed E-state index contributed by atoms with van der Waals surface area (Å²) in [5.74, 6) is -0.959. The van der Waals surface area contributed by atoms with Crippen molar-refractivity contribution in [3.63, 3.8) is 0 Å². The van der Waals surface area contributed by atoms with Crippen molar-refractivity contribution < 1.29 is 23.1 Å². The lowest BCUT2D eigenvalue weighted by atomic mass is 9.85. The summed E-state index contributed by atoms with van der Waals surface area (Å²) in [7, 11) is 0. The first-order chi connectivity index (χ1) is 7.53. The number of hydrogen-bond donors (Lipinski definition) is 1. The van der Waals surface area contributed by atoms with Gasteiger partial charge in [0.1, 0.15) is 5.75 Å². The molecular formula is C12H13F3O2. The van der Waals surface area contributed by atoms with Gasteiger partial charge in [-0.05, 0) is 18.2 Å². The van der Waals surface area contributed by atoms with E-state index >= 15 is 0 Å². The van der Waals surface area contributed by atoms with Crippen molar-refractivity contribution in [1.29, 1.82) is 0 Å². The molecule has 0 unspecified atom stereocenters. The number of carbonyl (C=O) groups excluding carboxylic acids is 1. The number of aromatic hydroxyl groups is 1. The SMILES string of the molecule is CC(C)(C)C(=O)c1cc(C(F)(F)F)ccc1O. The Balaban J connectivity index is 3.30. The summed E-state index contributed by atoms with van der Waals surface area (Å²) in [5.41, 5.74) is -2.09. The molecule has 0 fully saturated rings. The predicted molar refractivity (Wildman–Crippen MR) is 56.9 cm³/mol. The Kier molecular flexibility index (Phi) is 3.23. The zero-order valence-electron chi connectivity index (χ0n) is 9.72. The molecule has 2 nitrogen and oxygen atoms in total. The molecule has 0 aliphatic rings. The van der Waals surface area contributed by atoms with Crippen LogP contribution in [0.4, 0.5) is 13.2 Å². The molecule has 17 heavy (non-hydrogen) atoms. The molecule has 0 atom stereocenters. The molecule has 0 aliphatic carbocycles. The molecule has 0 aliphatic heterocycles. The first kappa shape index (κ1) is 13.5. The van der Waals surface area contributed by atoms with E-state index in [0.29, 0.717) is 6.07 Å². The number of benzene rings is 1. The van der Waals surface area contributed by atoms with Crippen molar-refractivity contribution >= 4 is 5.78 Å². The summed E-state index contributed by atoms with van der Waals surface area (Å²) < 4.78 is 37.4. The maximum Gasteiger partial charge on any atom is 0.416 e. The van der Waals surface area contributed by atoms with Crippen molar-refractivity contribution in [2.24, 2.45) is 5.41 Å². The highest BCUT2D eigenvalue weighted by atomic mass is 19.4. The van der Waals surface area contributed by atoms with E-state index in [-0.39, 0.29) is 5.56 Å². The van der Waals surface area contributed by atoms with Gasteiger partial charge in [0.15, 0.2) is 5.78 Å². The van der Waals surface area contributed by atoms with Gasteiger partial charge < -0.3 is 5.11 Å². The topological polar surface area (TPSA) is 37.3 Å². The van der Waals surface area contributed by atoms with Crippen LogP contribution in [-0.4, -0.2) is 10.9 Å². The molecule has 0 spiro atoms. The Hall–Kier alpha value is -1.52. The second kappa shape index (κ2) is 4.05. The summed E-state index contributed by atoms with van der Waals surface area (Å²) in [6, 6.07) is 2.32. The summed E-state index contributed by atoms with van der Waals surface area (Å²) in [6.45, 7) is 4.74. The minimum Gasteiger partial charge on any atom is -0.507 e. The summed E-state index contributed by atoms with van der Waals surface area (Å²) >= 11 is 0. The van der Waals surface area contributed by atoms with E-state index in [1.54, 1.807) is 20.8 Å². The Morgan fingerprint density at radius 2 is 1.71 bits per heavy atom. The van der Waals surface area contributed by atoms with Crippen LogP contribution in [0.25, 0.3) is 0 Å². The number of rotatable bonds is 1. The van der Waals surface area contributed by atoms with Crippen molar-refractivity contribution in [1.82, 2.24) is 0 Å². The molecular weight excluding hydrogens is 233 g/mol. The lowest BCUT2D eigenvalue weighted by Crippen LogP contribution is -2.21. The molecule has 0 saturated heterocycles. The predicted octanol–water partition coefficient (Wildman–Crippen LogP) is 3.64. The number of hydrogen-bond acceptors (Lipinski definition) is 2. The average molecular weight is 246 g/mol. The average Bonchev–Trinajstić information content (AvgIpc) is 2.14. The number of halogens is 3. The third kappa shape index (κ3) is 2.99. The van der Waals surface area contributed by atoms with Crippen LogP contribution in [0.3, 0.4) is 0 Å². The van der Waals surface area contributed by atoms with Crippen molar-refractivity contribution in [2.45, 2.75) is 26.9 Å². The fraction of sp³-hybridized carbons (Fsp3) is 0.417. The summed E-state index contributed by atoms with van der Waals surface area (Å²) in [5, 5.41) is 9.45. The van der Waals surface area contributed by atoms with Crippen LogP contribution in [0.15, 0.2) is 18.2 Å². The van der Waals surface area contributed by atoms with Crippen molar-refractivity contribution in [3.05, 3.63) is 29.3 Å². The van der Waals surface area contributed by atoms with E-state index in [0.717, 1.165) is 12.1 Å². The molecule has 0 saturated carbocycles. The highest BCUT2D eigenvalue weighted by Crippen LogP contribution is 2.34. The number of phenolic OH excluding ortho intramolecular Hbond substituents is 1. The smallest absolute Gasteiger partial charge is 0.416 e. The molecule has 94 valence electrons. The molecule has 1 aromatic carbocycles. The number of Topliss-reactive ketones (excluding diaryl/α,β-unsaturated/α-hetero) is 1.